The SMILES string of the molecule is COc1ccc(CCn2cnc3cc(N=C(NC4C[C@H]5C[C@H]([C@H]4C)C5(C)C)N4CCN(CCCN(C)C)CC4)ccc3c2=O)c(F)c1. The second-order valence-electron chi connectivity index (χ2n) is 14.8. The first-order valence-corrected chi connectivity index (χ1v) is 17.3. The number of halogens is 1. The van der Waals surface area contributed by atoms with Gasteiger partial charge in [-0.05, 0) is 106 Å². The highest BCUT2D eigenvalue weighted by Crippen LogP contribution is 2.61. The Kier molecular flexibility index (Phi) is 9.90. The lowest BCUT2D eigenvalue weighted by Gasteiger charge is -2.62. The van der Waals surface area contributed by atoms with Crippen molar-refractivity contribution >= 4 is 22.5 Å². The number of aromatic nitrogens is 2. The summed E-state index contributed by atoms with van der Waals surface area (Å²) in [5, 5.41) is 4.47. The van der Waals surface area contributed by atoms with Gasteiger partial charge in [-0.25, -0.2) is 14.4 Å². The van der Waals surface area contributed by atoms with Crippen molar-refractivity contribution in [3.8, 4) is 5.75 Å². The van der Waals surface area contributed by atoms with Gasteiger partial charge in [-0.2, -0.15) is 0 Å². The van der Waals surface area contributed by atoms with Crippen molar-refractivity contribution in [2.75, 3.05) is 60.5 Å². The van der Waals surface area contributed by atoms with Crippen molar-refractivity contribution in [1.82, 2.24) is 29.6 Å². The van der Waals surface area contributed by atoms with Gasteiger partial charge in [0.25, 0.3) is 5.56 Å². The minimum Gasteiger partial charge on any atom is -0.497 e. The van der Waals surface area contributed by atoms with Crippen LogP contribution in [0.15, 0.2) is 52.5 Å². The highest BCUT2D eigenvalue weighted by molar-refractivity contribution is 5.86. The molecule has 7 rings (SSSR count). The number of aryl methyl sites for hydroxylation is 2. The van der Waals surface area contributed by atoms with Crippen LogP contribution in [-0.2, 0) is 13.0 Å². The Hall–Kier alpha value is -3.50. The Morgan fingerprint density at radius 1 is 1.11 bits per heavy atom. The molecule has 2 heterocycles. The zero-order chi connectivity index (χ0) is 33.3. The van der Waals surface area contributed by atoms with Crippen molar-refractivity contribution in [3.63, 3.8) is 0 Å². The smallest absolute Gasteiger partial charge is 0.261 e. The van der Waals surface area contributed by atoms with Gasteiger partial charge in [0, 0.05) is 44.8 Å². The van der Waals surface area contributed by atoms with Gasteiger partial charge in [-0.3, -0.25) is 14.3 Å². The molecule has 1 saturated heterocycles. The molecule has 1 N–H and O–H groups in total. The second-order valence-corrected chi connectivity index (χ2v) is 14.8. The number of hydrogen-bond donors (Lipinski definition) is 1. The minimum atomic E-state index is -0.341. The number of rotatable bonds is 10. The summed E-state index contributed by atoms with van der Waals surface area (Å²) in [5.74, 6) is 3.14. The van der Waals surface area contributed by atoms with E-state index in [1.54, 1.807) is 23.0 Å². The first kappa shape index (κ1) is 33.4. The molecular weight excluding hydrogens is 593 g/mol. The summed E-state index contributed by atoms with van der Waals surface area (Å²) in [6, 6.07) is 10.9. The third-order valence-electron chi connectivity index (χ3n) is 11.3. The first-order chi connectivity index (χ1) is 22.5. The van der Waals surface area contributed by atoms with E-state index in [-0.39, 0.29) is 11.4 Å². The van der Waals surface area contributed by atoms with Gasteiger partial charge in [0.15, 0.2) is 5.96 Å². The van der Waals surface area contributed by atoms with Crippen LogP contribution in [0.3, 0.4) is 0 Å². The number of hydrogen-bond acceptors (Lipinski definition) is 6. The van der Waals surface area contributed by atoms with E-state index in [2.05, 4.69) is 59.9 Å². The third kappa shape index (κ3) is 7.18. The molecule has 10 heteroatoms. The van der Waals surface area contributed by atoms with Crippen molar-refractivity contribution in [2.24, 2.45) is 28.2 Å². The quantitative estimate of drug-likeness (QED) is 0.246. The Labute approximate surface area is 278 Å². The summed E-state index contributed by atoms with van der Waals surface area (Å²) in [6.07, 6.45) is 5.63. The Morgan fingerprint density at radius 2 is 1.89 bits per heavy atom. The largest absolute Gasteiger partial charge is 0.497 e. The molecule has 4 aliphatic rings. The van der Waals surface area contributed by atoms with Crippen LogP contribution in [0.1, 0.15) is 45.6 Å². The Bertz CT molecular complexity index is 1650. The molecule has 1 aliphatic heterocycles. The standard InChI is InChI=1S/C37H52FN7O2/c1-25-31-20-27(37(31,2)3)21-33(25)41-36(44-18-16-43(17-19-44)14-7-13-42(4)5)40-28-9-11-30-34(22-28)39-24-45(35(30)46)15-12-26-8-10-29(47-6)23-32(26)38/h8-11,22-25,27,31,33H,7,12-21H2,1-6H3,(H,40,41)/t25-,27-,31-,33?/m1/s1. The average molecular weight is 646 g/mol. The van der Waals surface area contributed by atoms with Gasteiger partial charge in [-0.15, -0.1) is 0 Å². The van der Waals surface area contributed by atoms with Gasteiger partial charge in [-0.1, -0.05) is 26.8 Å². The predicted molar refractivity (Wildman–Crippen MR) is 187 cm³/mol. The molecule has 0 amide bonds. The molecule has 2 bridgehead atoms. The molecule has 254 valence electrons. The second kappa shape index (κ2) is 13.9. The van der Waals surface area contributed by atoms with Gasteiger partial charge >= 0.3 is 0 Å². The Balaban J connectivity index is 1.20. The molecule has 0 spiro atoms. The number of nitrogens with zero attached hydrogens (tertiary/aromatic N) is 6. The van der Waals surface area contributed by atoms with E-state index in [4.69, 9.17) is 9.73 Å². The van der Waals surface area contributed by atoms with Crippen LogP contribution in [-0.4, -0.2) is 96.7 Å². The average Bonchev–Trinajstić information content (AvgIpc) is 3.05. The predicted octanol–water partition coefficient (Wildman–Crippen LogP) is 5.00. The van der Waals surface area contributed by atoms with Crippen LogP contribution < -0.4 is 15.6 Å². The number of nitrogens with one attached hydrogen (secondary N) is 1. The van der Waals surface area contributed by atoms with Gasteiger partial charge in [0.05, 0.1) is 30.0 Å². The summed E-state index contributed by atoms with van der Waals surface area (Å²) >= 11 is 0. The van der Waals surface area contributed by atoms with Crippen LogP contribution in [0.25, 0.3) is 10.9 Å². The maximum absolute atomic E-state index is 14.5. The van der Waals surface area contributed by atoms with E-state index >= 15 is 0 Å². The fraction of sp³-hybridized carbons (Fsp3) is 0.595. The highest BCUT2D eigenvalue weighted by atomic mass is 19.1. The number of aliphatic imine (C=N–C) groups is 1. The zero-order valence-electron chi connectivity index (χ0n) is 29.0. The summed E-state index contributed by atoms with van der Waals surface area (Å²) in [5.41, 5.74) is 2.22. The summed E-state index contributed by atoms with van der Waals surface area (Å²) < 4.78 is 21.1. The summed E-state index contributed by atoms with van der Waals surface area (Å²) in [4.78, 5) is 30.4. The molecular formula is C37H52FN7O2. The van der Waals surface area contributed by atoms with Crippen LogP contribution in [0.4, 0.5) is 10.1 Å². The van der Waals surface area contributed by atoms with E-state index in [9.17, 15) is 9.18 Å². The third-order valence-corrected chi connectivity index (χ3v) is 11.3. The van der Waals surface area contributed by atoms with E-state index in [0.29, 0.717) is 52.6 Å². The molecule has 4 fully saturated rings. The van der Waals surface area contributed by atoms with Crippen molar-refractivity contribution in [1.29, 1.82) is 0 Å². The van der Waals surface area contributed by atoms with Gasteiger partial charge in [0.2, 0.25) is 0 Å². The van der Waals surface area contributed by atoms with E-state index in [1.165, 1.54) is 32.4 Å². The number of ether oxygens (including phenoxy) is 1. The molecule has 47 heavy (non-hydrogen) atoms. The molecule has 9 nitrogen and oxygen atoms in total. The molecule has 3 aromatic rings. The van der Waals surface area contributed by atoms with Crippen molar-refractivity contribution < 1.29 is 9.13 Å². The van der Waals surface area contributed by atoms with E-state index < -0.39 is 0 Å². The summed E-state index contributed by atoms with van der Waals surface area (Å²) in [6.45, 7) is 13.7. The molecule has 4 atom stereocenters. The molecule has 3 aliphatic carbocycles. The number of benzene rings is 2. The van der Waals surface area contributed by atoms with Crippen LogP contribution >= 0.6 is 0 Å². The molecule has 3 saturated carbocycles. The van der Waals surface area contributed by atoms with Crippen LogP contribution in [0.5, 0.6) is 5.75 Å². The lowest BCUT2D eigenvalue weighted by molar-refractivity contribution is -0.112. The van der Waals surface area contributed by atoms with Gasteiger partial charge < -0.3 is 19.9 Å². The topological polar surface area (TPSA) is 78.2 Å². The highest BCUT2D eigenvalue weighted by Gasteiger charge is 2.56. The maximum Gasteiger partial charge on any atom is 0.261 e. The molecule has 1 aromatic heterocycles. The van der Waals surface area contributed by atoms with Crippen LogP contribution in [0.2, 0.25) is 0 Å². The summed E-state index contributed by atoms with van der Waals surface area (Å²) in [7, 11) is 5.78. The lowest BCUT2D eigenvalue weighted by Crippen LogP contribution is -2.62. The number of guanidine groups is 1. The van der Waals surface area contributed by atoms with Crippen molar-refractivity contribution in [2.45, 2.75) is 59.0 Å². The molecule has 1 unspecified atom stereocenters. The van der Waals surface area contributed by atoms with Crippen molar-refractivity contribution in [3.05, 3.63) is 64.5 Å². The van der Waals surface area contributed by atoms with Crippen LogP contribution in [0, 0.1) is 29.0 Å². The normalized spacial score (nSPS) is 24.4. The van der Waals surface area contributed by atoms with E-state index in [0.717, 1.165) is 62.8 Å². The zero-order valence-corrected chi connectivity index (χ0v) is 29.0. The maximum atomic E-state index is 14.5. The number of piperazine rings is 1. The monoisotopic (exact) mass is 645 g/mol. The lowest BCUT2D eigenvalue weighted by atomic mass is 9.45. The molecule has 0 radical (unpaired) electrons. The number of fused-ring (bicyclic) bond motifs is 3. The number of methoxy groups -OCH3 is 1. The molecule has 2 aromatic carbocycles. The fourth-order valence-electron chi connectivity index (χ4n) is 8.09. The first-order valence-electron chi connectivity index (χ1n) is 17.3. The fourth-order valence-corrected chi connectivity index (χ4v) is 8.09. The van der Waals surface area contributed by atoms with E-state index in [1.807, 2.05) is 18.2 Å². The van der Waals surface area contributed by atoms with Gasteiger partial charge in [0.1, 0.15) is 11.6 Å². The Morgan fingerprint density at radius 3 is 2.57 bits per heavy atom. The minimum absolute atomic E-state index is 0.138.